The van der Waals surface area contributed by atoms with Crippen LogP contribution >= 0.6 is 0 Å². The highest BCUT2D eigenvalue weighted by molar-refractivity contribution is 6.74. The van der Waals surface area contributed by atoms with Gasteiger partial charge in [0.05, 0.1) is 6.61 Å². The summed E-state index contributed by atoms with van der Waals surface area (Å²) in [4.78, 5) is 31.4. The van der Waals surface area contributed by atoms with Gasteiger partial charge in [-0.3, -0.25) is 9.78 Å². The third-order valence-electron chi connectivity index (χ3n) is 7.11. The molecule has 1 N–H and O–H groups in total. The smallest absolute Gasteiger partial charge is 0.337 e. The molecule has 4 rings (SSSR count). The lowest BCUT2D eigenvalue weighted by Crippen LogP contribution is -2.40. The Bertz CT molecular complexity index is 1510. The molecular formula is C29H34N2O5Si. The van der Waals surface area contributed by atoms with Gasteiger partial charge in [-0.1, -0.05) is 76.2 Å². The van der Waals surface area contributed by atoms with Crippen molar-refractivity contribution >= 4 is 19.4 Å². The summed E-state index contributed by atoms with van der Waals surface area (Å²) in [6.07, 6.45) is 0.516. The molecular weight excluding hydrogens is 484 g/mol. The molecule has 0 saturated carbocycles. The number of hydrogen-bond donors (Lipinski definition) is 1. The Labute approximate surface area is 217 Å². The molecule has 4 aromatic rings. The van der Waals surface area contributed by atoms with Gasteiger partial charge in [-0.2, -0.15) is 4.98 Å². The number of nitrogens with zero attached hydrogens (tertiary/aromatic N) is 1. The fourth-order valence-electron chi connectivity index (χ4n) is 3.81. The Kier molecular flexibility index (Phi) is 7.52. The molecule has 7 nitrogen and oxygen atoms in total. The van der Waals surface area contributed by atoms with E-state index in [9.17, 15) is 9.59 Å². The molecule has 8 heteroatoms. The largest absolute Gasteiger partial charge is 0.460 e. The van der Waals surface area contributed by atoms with Gasteiger partial charge in [0, 0.05) is 6.07 Å². The van der Waals surface area contributed by atoms with Crippen molar-refractivity contribution in [1.29, 1.82) is 0 Å². The highest BCUT2D eigenvalue weighted by Gasteiger charge is 2.37. The van der Waals surface area contributed by atoms with E-state index in [0.29, 0.717) is 18.6 Å². The Morgan fingerprint density at radius 1 is 0.973 bits per heavy atom. The number of H-pyrrole nitrogens is 1. The monoisotopic (exact) mass is 518 g/mol. The zero-order valence-electron chi connectivity index (χ0n) is 22.3. The molecule has 194 valence electrons. The van der Waals surface area contributed by atoms with Crippen LogP contribution in [0.4, 0.5) is 0 Å². The van der Waals surface area contributed by atoms with Gasteiger partial charge in [-0.15, -0.1) is 0 Å². The van der Waals surface area contributed by atoms with Crippen molar-refractivity contribution in [3.8, 4) is 17.1 Å². The number of aryl methyl sites for hydroxylation is 1. The number of rotatable bonds is 8. The Morgan fingerprint density at radius 2 is 1.68 bits per heavy atom. The first-order valence-corrected chi connectivity index (χ1v) is 15.4. The summed E-state index contributed by atoms with van der Waals surface area (Å²) in [5.74, 6) is 0. The fourth-order valence-corrected chi connectivity index (χ4v) is 4.77. The first kappa shape index (κ1) is 26.6. The standard InChI is InChI=1S/C29H34N2O5Si/c1-7-20-16-24(32)36-27-25(20)26(33)30-28(31-27)34-18-22-10-8-9-11-23(22)21-14-12-19(13-15-21)17-35-37(5,6)29(2,3)4/h8-16H,7,17-18H2,1-6H3,(H,30,31,33). The Hall–Kier alpha value is -3.49. The quantitative estimate of drug-likeness (QED) is 0.279. The summed E-state index contributed by atoms with van der Waals surface area (Å²) < 4.78 is 17.4. The molecule has 0 unspecified atom stereocenters. The molecule has 0 aliphatic rings. The lowest BCUT2D eigenvalue weighted by Gasteiger charge is -2.36. The lowest BCUT2D eigenvalue weighted by molar-refractivity contribution is 0.276. The van der Waals surface area contributed by atoms with E-state index >= 15 is 0 Å². The molecule has 2 aromatic carbocycles. The number of benzene rings is 2. The summed E-state index contributed by atoms with van der Waals surface area (Å²) in [7, 11) is -1.82. The third-order valence-corrected chi connectivity index (χ3v) is 11.6. The maximum absolute atomic E-state index is 12.6. The van der Waals surface area contributed by atoms with Gasteiger partial charge in [0.1, 0.15) is 12.0 Å². The molecule has 2 heterocycles. The predicted molar refractivity (Wildman–Crippen MR) is 148 cm³/mol. The van der Waals surface area contributed by atoms with E-state index in [1.54, 1.807) is 0 Å². The molecule has 0 amide bonds. The van der Waals surface area contributed by atoms with Gasteiger partial charge >= 0.3 is 5.63 Å². The van der Waals surface area contributed by atoms with E-state index < -0.39 is 19.5 Å². The molecule has 0 bridgehead atoms. The summed E-state index contributed by atoms with van der Waals surface area (Å²) in [5, 5.41) is 0.437. The SMILES string of the molecule is CCc1cc(=O)oc2nc(OCc3ccccc3-c3ccc(CO[Si](C)(C)C(C)(C)C)cc3)[nH]c(=O)c12. The maximum Gasteiger partial charge on any atom is 0.337 e. The van der Waals surface area contributed by atoms with E-state index in [0.717, 1.165) is 22.3 Å². The molecule has 0 atom stereocenters. The first-order chi connectivity index (χ1) is 17.5. The van der Waals surface area contributed by atoms with Crippen LogP contribution in [-0.2, 0) is 24.1 Å². The second-order valence-corrected chi connectivity index (χ2v) is 15.5. The number of fused-ring (bicyclic) bond motifs is 1. The second-order valence-electron chi connectivity index (χ2n) is 10.7. The van der Waals surface area contributed by atoms with Crippen LogP contribution in [-0.4, -0.2) is 18.3 Å². The van der Waals surface area contributed by atoms with Gasteiger partial charge in [-0.05, 0) is 52.4 Å². The number of nitrogens with one attached hydrogen (secondary N) is 1. The molecule has 0 spiro atoms. The van der Waals surface area contributed by atoms with Crippen molar-refractivity contribution in [2.75, 3.05) is 0 Å². The summed E-state index contributed by atoms with van der Waals surface area (Å²) in [6.45, 7) is 13.9. The van der Waals surface area contributed by atoms with E-state index in [2.05, 4.69) is 68.1 Å². The number of ether oxygens (including phenoxy) is 1. The number of hydrogen-bond acceptors (Lipinski definition) is 6. The lowest BCUT2D eigenvalue weighted by atomic mass is 9.99. The molecule has 0 fully saturated rings. The van der Waals surface area contributed by atoms with Crippen molar-refractivity contribution in [2.45, 2.75) is 65.5 Å². The molecule has 2 aromatic heterocycles. The molecule has 0 aliphatic heterocycles. The van der Waals surface area contributed by atoms with Gasteiger partial charge in [0.15, 0.2) is 8.32 Å². The van der Waals surface area contributed by atoms with Crippen LogP contribution in [0.5, 0.6) is 6.01 Å². The highest BCUT2D eigenvalue weighted by atomic mass is 28.4. The van der Waals surface area contributed by atoms with Gasteiger partial charge in [0.2, 0.25) is 5.71 Å². The third kappa shape index (κ3) is 5.92. The van der Waals surface area contributed by atoms with Crippen molar-refractivity contribution < 1.29 is 13.6 Å². The van der Waals surface area contributed by atoms with Crippen molar-refractivity contribution in [2.24, 2.45) is 0 Å². The van der Waals surface area contributed by atoms with Crippen LogP contribution in [0.3, 0.4) is 0 Å². The van der Waals surface area contributed by atoms with Crippen molar-refractivity contribution in [3.63, 3.8) is 0 Å². The average Bonchev–Trinajstić information content (AvgIpc) is 2.85. The van der Waals surface area contributed by atoms with Gasteiger partial charge < -0.3 is 13.6 Å². The van der Waals surface area contributed by atoms with Gasteiger partial charge in [0.25, 0.3) is 11.6 Å². The predicted octanol–water partition coefficient (Wildman–Crippen LogP) is 6.21. The van der Waals surface area contributed by atoms with Crippen LogP contribution in [0, 0.1) is 0 Å². The minimum atomic E-state index is -1.82. The van der Waals surface area contributed by atoms with E-state index in [-0.39, 0.29) is 28.8 Å². The van der Waals surface area contributed by atoms with Gasteiger partial charge in [-0.25, -0.2) is 4.79 Å². The first-order valence-electron chi connectivity index (χ1n) is 12.5. The zero-order chi connectivity index (χ0) is 26.8. The van der Waals surface area contributed by atoms with Crippen LogP contribution < -0.4 is 15.9 Å². The Balaban J connectivity index is 1.52. The normalized spacial score (nSPS) is 12.2. The summed E-state index contributed by atoms with van der Waals surface area (Å²) >= 11 is 0. The summed E-state index contributed by atoms with van der Waals surface area (Å²) in [6, 6.07) is 17.6. The number of aromatic nitrogens is 2. The molecule has 0 saturated heterocycles. The molecule has 0 aliphatic carbocycles. The van der Waals surface area contributed by atoms with E-state index in [1.165, 1.54) is 6.07 Å². The zero-order valence-corrected chi connectivity index (χ0v) is 23.3. The summed E-state index contributed by atoms with van der Waals surface area (Å²) in [5.41, 5.74) is 3.76. The van der Waals surface area contributed by atoms with E-state index in [4.69, 9.17) is 13.6 Å². The van der Waals surface area contributed by atoms with Crippen LogP contribution in [0.25, 0.3) is 22.2 Å². The van der Waals surface area contributed by atoms with Crippen LogP contribution in [0.1, 0.15) is 44.4 Å². The van der Waals surface area contributed by atoms with Crippen LogP contribution in [0.2, 0.25) is 18.1 Å². The molecule has 37 heavy (non-hydrogen) atoms. The van der Waals surface area contributed by atoms with E-state index in [1.807, 2.05) is 31.2 Å². The van der Waals surface area contributed by atoms with Crippen molar-refractivity contribution in [1.82, 2.24) is 9.97 Å². The molecule has 0 radical (unpaired) electrons. The van der Waals surface area contributed by atoms with Crippen LogP contribution in [0.15, 0.2) is 68.6 Å². The maximum atomic E-state index is 12.6. The fraction of sp³-hybridized carbons (Fsp3) is 0.345. The number of aromatic amines is 1. The Morgan fingerprint density at radius 3 is 2.35 bits per heavy atom. The highest BCUT2D eigenvalue weighted by Crippen LogP contribution is 2.37. The average molecular weight is 519 g/mol. The topological polar surface area (TPSA) is 94.4 Å². The van der Waals surface area contributed by atoms with Crippen molar-refractivity contribution in [3.05, 3.63) is 92.1 Å². The minimum absolute atomic E-state index is 0.00170. The second kappa shape index (κ2) is 10.5. The minimum Gasteiger partial charge on any atom is -0.460 e.